The van der Waals surface area contributed by atoms with Gasteiger partial charge in [0.2, 0.25) is 0 Å². The van der Waals surface area contributed by atoms with E-state index in [-0.39, 0.29) is 25.0 Å². The summed E-state index contributed by atoms with van der Waals surface area (Å²) in [6.45, 7) is 1.59. The molecule has 2 aromatic carbocycles. The average Bonchev–Trinajstić information content (AvgIpc) is 3.03. The van der Waals surface area contributed by atoms with Crippen molar-refractivity contribution in [2.45, 2.75) is 19.4 Å². The van der Waals surface area contributed by atoms with Gasteiger partial charge in [-0.25, -0.2) is 0 Å². The van der Waals surface area contributed by atoms with Crippen molar-refractivity contribution in [3.05, 3.63) is 70.3 Å². The molecule has 1 atom stereocenters. The number of ether oxygens (including phenoxy) is 1. The van der Waals surface area contributed by atoms with E-state index in [0.29, 0.717) is 0 Å². The number of nitrogens with one attached hydrogen (secondary N) is 2. The van der Waals surface area contributed by atoms with Crippen LogP contribution in [-0.2, 0) is 20.7 Å². The van der Waals surface area contributed by atoms with Crippen LogP contribution in [0.3, 0.4) is 0 Å². The molecule has 0 radical (unpaired) electrons. The largest absolute Gasteiger partial charge is 0.455 e. The van der Waals surface area contributed by atoms with Crippen LogP contribution in [0, 0.1) is 0 Å². The fraction of sp³-hybridized carbons (Fsp3) is 0.200. The highest BCUT2D eigenvalue weighted by Crippen LogP contribution is 2.22. The van der Waals surface area contributed by atoms with E-state index in [4.69, 9.17) is 4.74 Å². The average molecular weight is 415 g/mol. The molecule has 3 rings (SSSR count). The zero-order valence-electron chi connectivity index (χ0n) is 14.3. The highest BCUT2D eigenvalue weighted by molar-refractivity contribution is 9.10. The van der Waals surface area contributed by atoms with Gasteiger partial charge >= 0.3 is 5.97 Å². The second-order valence-corrected chi connectivity index (χ2v) is 6.86. The third kappa shape index (κ3) is 4.32. The van der Waals surface area contributed by atoms with Crippen molar-refractivity contribution in [3.63, 3.8) is 0 Å². The molecule has 0 bridgehead atoms. The number of esters is 1. The van der Waals surface area contributed by atoms with Gasteiger partial charge < -0.3 is 15.0 Å². The second-order valence-electron chi connectivity index (χ2n) is 6.01. The molecule has 0 spiro atoms. The summed E-state index contributed by atoms with van der Waals surface area (Å²) in [5.41, 5.74) is 2.79. The van der Waals surface area contributed by atoms with Crippen molar-refractivity contribution in [1.82, 2.24) is 10.3 Å². The summed E-state index contributed by atoms with van der Waals surface area (Å²) in [5.74, 6) is -0.765. The van der Waals surface area contributed by atoms with E-state index in [1.807, 2.05) is 55.5 Å². The monoisotopic (exact) mass is 414 g/mol. The number of para-hydroxylation sites is 1. The van der Waals surface area contributed by atoms with Gasteiger partial charge in [-0.15, -0.1) is 0 Å². The Kier molecular flexibility index (Phi) is 5.73. The molecule has 1 heterocycles. The number of hydrogen-bond donors (Lipinski definition) is 2. The van der Waals surface area contributed by atoms with Crippen LogP contribution < -0.4 is 5.32 Å². The Bertz CT molecular complexity index is 935. The third-order valence-corrected chi connectivity index (χ3v) is 4.85. The lowest BCUT2D eigenvalue weighted by Gasteiger charge is -2.15. The lowest BCUT2D eigenvalue weighted by Crippen LogP contribution is -2.31. The minimum Gasteiger partial charge on any atom is -0.455 e. The Morgan fingerprint density at radius 2 is 1.88 bits per heavy atom. The highest BCUT2D eigenvalue weighted by Gasteiger charge is 2.15. The van der Waals surface area contributed by atoms with Crippen LogP contribution in [0.4, 0.5) is 0 Å². The summed E-state index contributed by atoms with van der Waals surface area (Å²) >= 11 is 3.46. The Morgan fingerprint density at radius 3 is 2.69 bits per heavy atom. The van der Waals surface area contributed by atoms with Crippen LogP contribution in [0.25, 0.3) is 10.9 Å². The number of amides is 1. The minimum absolute atomic E-state index is 0.122. The van der Waals surface area contributed by atoms with E-state index in [9.17, 15) is 9.59 Å². The number of aromatic nitrogens is 1. The van der Waals surface area contributed by atoms with Crippen molar-refractivity contribution in [2.24, 2.45) is 0 Å². The maximum Gasteiger partial charge on any atom is 0.310 e. The number of fused-ring (bicyclic) bond motifs is 1. The summed E-state index contributed by atoms with van der Waals surface area (Å²) in [7, 11) is 0. The second kappa shape index (κ2) is 8.19. The zero-order chi connectivity index (χ0) is 18.5. The van der Waals surface area contributed by atoms with E-state index in [1.54, 1.807) is 6.20 Å². The molecule has 2 N–H and O–H groups in total. The summed E-state index contributed by atoms with van der Waals surface area (Å²) in [5, 5.41) is 3.81. The number of aromatic amines is 1. The quantitative estimate of drug-likeness (QED) is 0.600. The zero-order valence-corrected chi connectivity index (χ0v) is 15.9. The molecule has 0 saturated heterocycles. The number of benzene rings is 2. The number of hydrogen-bond acceptors (Lipinski definition) is 3. The summed E-state index contributed by atoms with van der Waals surface area (Å²) in [4.78, 5) is 27.2. The predicted octanol–water partition coefficient (Wildman–Crippen LogP) is 3.89. The number of halogens is 1. The summed E-state index contributed by atoms with van der Waals surface area (Å²) < 4.78 is 6.04. The first-order chi connectivity index (χ1) is 12.5. The van der Waals surface area contributed by atoms with E-state index < -0.39 is 5.97 Å². The molecule has 1 aromatic heterocycles. The number of carbonyl (C=O) groups is 2. The van der Waals surface area contributed by atoms with Gasteiger partial charge in [-0.3, -0.25) is 9.59 Å². The van der Waals surface area contributed by atoms with Gasteiger partial charge in [0.1, 0.15) is 0 Å². The van der Waals surface area contributed by atoms with Crippen LogP contribution in [0.1, 0.15) is 24.1 Å². The number of carbonyl (C=O) groups excluding carboxylic acids is 2. The predicted molar refractivity (Wildman–Crippen MR) is 104 cm³/mol. The van der Waals surface area contributed by atoms with Gasteiger partial charge in [0.25, 0.3) is 5.91 Å². The molecule has 0 aliphatic rings. The SMILES string of the molecule is C[C@@H](NC(=O)COC(=O)Cc1c[nH]c2ccccc12)c1ccccc1Br. The molecule has 0 aliphatic heterocycles. The maximum absolute atomic E-state index is 12.0. The first-order valence-electron chi connectivity index (χ1n) is 8.29. The molecule has 0 fully saturated rings. The van der Waals surface area contributed by atoms with Gasteiger partial charge in [-0.2, -0.15) is 0 Å². The summed E-state index contributed by atoms with van der Waals surface area (Å²) in [6, 6.07) is 15.2. The molecular formula is C20H19BrN2O3. The van der Waals surface area contributed by atoms with Crippen LogP contribution in [0.15, 0.2) is 59.2 Å². The van der Waals surface area contributed by atoms with Gasteiger partial charge in [0.15, 0.2) is 6.61 Å². The van der Waals surface area contributed by atoms with Crippen LogP contribution in [-0.4, -0.2) is 23.5 Å². The molecule has 3 aromatic rings. The molecule has 134 valence electrons. The standard InChI is InChI=1S/C20H19BrN2O3/c1-13(15-6-2-4-8-17(15)21)23-19(24)12-26-20(25)10-14-11-22-18-9-5-3-7-16(14)18/h2-9,11,13,22H,10,12H2,1H3,(H,23,24)/t13-/m1/s1. The molecule has 26 heavy (non-hydrogen) atoms. The lowest BCUT2D eigenvalue weighted by atomic mass is 10.1. The van der Waals surface area contributed by atoms with Crippen LogP contribution in [0.5, 0.6) is 0 Å². The first-order valence-corrected chi connectivity index (χ1v) is 9.08. The molecule has 0 saturated carbocycles. The van der Waals surface area contributed by atoms with Gasteiger partial charge in [-0.1, -0.05) is 52.3 Å². The normalized spacial score (nSPS) is 11.9. The Balaban J connectivity index is 1.51. The van der Waals surface area contributed by atoms with E-state index in [1.165, 1.54) is 0 Å². The highest BCUT2D eigenvalue weighted by atomic mass is 79.9. The van der Waals surface area contributed by atoms with E-state index >= 15 is 0 Å². The van der Waals surface area contributed by atoms with Crippen molar-refractivity contribution in [2.75, 3.05) is 6.61 Å². The first kappa shape index (κ1) is 18.2. The lowest BCUT2D eigenvalue weighted by molar-refractivity contribution is -0.148. The van der Waals surface area contributed by atoms with Crippen LogP contribution in [0.2, 0.25) is 0 Å². The Labute approximate surface area is 159 Å². The smallest absolute Gasteiger partial charge is 0.310 e. The van der Waals surface area contributed by atoms with E-state index in [0.717, 1.165) is 26.5 Å². The minimum atomic E-state index is -0.432. The Morgan fingerprint density at radius 1 is 1.15 bits per heavy atom. The van der Waals surface area contributed by atoms with Crippen molar-refractivity contribution in [1.29, 1.82) is 0 Å². The van der Waals surface area contributed by atoms with E-state index in [2.05, 4.69) is 26.2 Å². The van der Waals surface area contributed by atoms with Gasteiger partial charge in [0, 0.05) is 21.6 Å². The third-order valence-electron chi connectivity index (χ3n) is 4.12. The fourth-order valence-corrected chi connectivity index (χ4v) is 3.45. The van der Waals surface area contributed by atoms with Crippen molar-refractivity contribution >= 4 is 38.7 Å². The molecule has 0 unspecified atom stereocenters. The number of H-pyrrole nitrogens is 1. The fourth-order valence-electron chi connectivity index (χ4n) is 2.82. The van der Waals surface area contributed by atoms with Crippen LogP contribution >= 0.6 is 15.9 Å². The number of rotatable bonds is 6. The maximum atomic E-state index is 12.0. The Hall–Kier alpha value is -2.60. The molecule has 6 heteroatoms. The molecule has 5 nitrogen and oxygen atoms in total. The molecule has 0 aliphatic carbocycles. The van der Waals surface area contributed by atoms with Crippen molar-refractivity contribution < 1.29 is 14.3 Å². The summed E-state index contributed by atoms with van der Waals surface area (Å²) in [6.07, 6.45) is 1.91. The molecule has 1 amide bonds. The molecular weight excluding hydrogens is 396 g/mol. The van der Waals surface area contributed by atoms with Crippen molar-refractivity contribution in [3.8, 4) is 0 Å². The van der Waals surface area contributed by atoms with Gasteiger partial charge in [0.05, 0.1) is 12.5 Å². The van der Waals surface area contributed by atoms with Gasteiger partial charge in [-0.05, 0) is 30.2 Å². The topological polar surface area (TPSA) is 71.2 Å².